The Morgan fingerprint density at radius 2 is 1.89 bits per heavy atom. The van der Waals surface area contributed by atoms with Crippen molar-refractivity contribution in [2.75, 3.05) is 13.2 Å². The van der Waals surface area contributed by atoms with Crippen LogP contribution in [-0.4, -0.2) is 24.8 Å². The first-order valence-corrected chi connectivity index (χ1v) is 6.51. The molecule has 1 aromatic rings. The van der Waals surface area contributed by atoms with E-state index in [9.17, 15) is 4.79 Å². The van der Waals surface area contributed by atoms with E-state index in [4.69, 9.17) is 10.8 Å². The van der Waals surface area contributed by atoms with E-state index < -0.39 is 11.7 Å². The van der Waals surface area contributed by atoms with Gasteiger partial charge in [-0.05, 0) is 12.0 Å². The van der Waals surface area contributed by atoms with Gasteiger partial charge in [-0.3, -0.25) is 4.79 Å². The maximum atomic E-state index is 12.4. The van der Waals surface area contributed by atoms with Gasteiger partial charge in [-0.15, -0.1) is 0 Å². The third-order valence-electron chi connectivity index (χ3n) is 3.76. The number of rotatable bonds is 1. The van der Waals surface area contributed by atoms with Crippen LogP contribution in [0.2, 0.25) is 0 Å². The van der Waals surface area contributed by atoms with Gasteiger partial charge in [0, 0.05) is 26.5 Å². The van der Waals surface area contributed by atoms with Gasteiger partial charge in [0.25, 0.3) is 0 Å². The minimum atomic E-state index is -1.15. The van der Waals surface area contributed by atoms with E-state index in [1.165, 1.54) is 0 Å². The van der Waals surface area contributed by atoms with E-state index in [0.717, 1.165) is 5.56 Å². The summed E-state index contributed by atoms with van der Waals surface area (Å²) in [5.74, 6) is -1.80. The van der Waals surface area contributed by atoms with Gasteiger partial charge in [-0.2, -0.15) is 0 Å². The van der Waals surface area contributed by atoms with Gasteiger partial charge in [-0.25, -0.2) is 0 Å². The zero-order valence-corrected chi connectivity index (χ0v) is 10.4. The minimum absolute atomic E-state index is 0.0327. The molecule has 18 heavy (non-hydrogen) atoms. The Morgan fingerprint density at radius 3 is 2.61 bits per heavy atom. The van der Waals surface area contributed by atoms with E-state index in [2.05, 4.69) is 0 Å². The number of ether oxygens (including phenoxy) is 2. The molecule has 1 spiro atoms. The zero-order chi connectivity index (χ0) is 13.3. The summed E-state index contributed by atoms with van der Waals surface area (Å²) in [6.45, 7) is 1.18. The number of hydrogen-bond donors (Lipinski definition) is 0. The van der Waals surface area contributed by atoms with Crippen LogP contribution < -0.4 is 0 Å². The number of carbonyl (C=O) groups is 1. The van der Waals surface area contributed by atoms with Crippen LogP contribution in [0, 0.1) is 0 Å². The van der Waals surface area contributed by atoms with Crippen molar-refractivity contribution >= 4 is 5.78 Å². The van der Waals surface area contributed by atoms with Gasteiger partial charge in [0.1, 0.15) is 5.78 Å². The van der Waals surface area contributed by atoms with Crippen molar-refractivity contribution in [3.05, 3.63) is 35.9 Å². The summed E-state index contributed by atoms with van der Waals surface area (Å²) in [4.78, 5) is 12.4. The van der Waals surface area contributed by atoms with Crippen LogP contribution >= 0.6 is 0 Å². The fourth-order valence-corrected chi connectivity index (χ4v) is 2.77. The van der Waals surface area contributed by atoms with Crippen LogP contribution in [-0.2, 0) is 14.3 Å². The lowest BCUT2D eigenvalue weighted by Gasteiger charge is -2.25. The van der Waals surface area contributed by atoms with E-state index in [-0.39, 0.29) is 5.78 Å². The lowest BCUT2D eigenvalue weighted by Crippen LogP contribution is -2.29. The zero-order valence-electron chi connectivity index (χ0n) is 11.4. The van der Waals surface area contributed by atoms with Crippen molar-refractivity contribution in [1.82, 2.24) is 0 Å². The molecule has 2 aliphatic rings. The number of Topliss-reactive ketones (excluding diaryl/α,β-unsaturated/α-hetero) is 1. The van der Waals surface area contributed by atoms with E-state index >= 15 is 0 Å². The van der Waals surface area contributed by atoms with Crippen LogP contribution in [0.4, 0.5) is 0 Å². The lowest BCUT2D eigenvalue weighted by molar-refractivity contribution is -0.165. The highest BCUT2D eigenvalue weighted by Gasteiger charge is 2.40. The molecule has 0 aromatic heterocycles. The molecule has 96 valence electrons. The molecule has 1 heterocycles. The molecule has 1 aromatic carbocycles. The molecule has 0 radical (unpaired) electrons. The third kappa shape index (κ3) is 2.20. The first-order chi connectivity index (χ1) is 9.15. The summed E-state index contributed by atoms with van der Waals surface area (Å²) in [7, 11) is 0. The summed E-state index contributed by atoms with van der Waals surface area (Å²) in [5, 5.41) is 0. The lowest BCUT2D eigenvalue weighted by atomic mass is 9.91. The topological polar surface area (TPSA) is 35.5 Å². The minimum Gasteiger partial charge on any atom is -0.348 e. The molecule has 1 aliphatic carbocycles. The van der Waals surface area contributed by atoms with Gasteiger partial charge in [0.2, 0.25) is 0 Å². The highest BCUT2D eigenvalue weighted by Crippen LogP contribution is 2.38. The van der Waals surface area contributed by atoms with Crippen LogP contribution in [0.3, 0.4) is 0 Å². The van der Waals surface area contributed by atoms with Gasteiger partial charge >= 0.3 is 0 Å². The van der Waals surface area contributed by atoms with Gasteiger partial charge in [0.05, 0.1) is 13.2 Å². The summed E-state index contributed by atoms with van der Waals surface area (Å²) in [5.41, 5.74) is 0.773. The number of ketones is 1. The van der Waals surface area contributed by atoms with Crippen LogP contribution in [0.1, 0.15) is 38.5 Å². The molecule has 2 fully saturated rings. The van der Waals surface area contributed by atoms with Crippen molar-refractivity contribution in [3.63, 3.8) is 0 Å². The third-order valence-corrected chi connectivity index (χ3v) is 3.76. The largest absolute Gasteiger partial charge is 0.348 e. The fourth-order valence-electron chi connectivity index (χ4n) is 2.77. The summed E-state index contributed by atoms with van der Waals surface area (Å²) in [6, 6.07) is 9.38. The second-order valence-electron chi connectivity index (χ2n) is 4.88. The molecule has 3 nitrogen and oxygen atoms in total. The molecule has 0 amide bonds. The first kappa shape index (κ1) is 10.7. The van der Waals surface area contributed by atoms with Crippen LogP contribution in [0.25, 0.3) is 0 Å². The van der Waals surface area contributed by atoms with E-state index in [1.807, 2.05) is 30.3 Å². The predicted molar refractivity (Wildman–Crippen MR) is 67.3 cm³/mol. The maximum absolute atomic E-state index is 12.4. The molecule has 1 aliphatic heterocycles. The SMILES string of the molecule is [2H]C1(c2ccccc2)CCC2(CCC1=O)OCCO2. The Hall–Kier alpha value is -1.19. The molecule has 1 atom stereocenters. The Balaban J connectivity index is 1.88. The molecule has 3 heteroatoms. The molecule has 1 saturated carbocycles. The molecular formula is C15H18O3. The molecule has 1 unspecified atom stereocenters. The molecule has 3 rings (SSSR count). The van der Waals surface area contributed by atoms with E-state index in [1.54, 1.807) is 0 Å². The van der Waals surface area contributed by atoms with E-state index in [0.29, 0.717) is 38.9 Å². The summed E-state index contributed by atoms with van der Waals surface area (Å²) in [6.07, 6.45) is 1.98. The maximum Gasteiger partial charge on any atom is 0.168 e. The van der Waals surface area contributed by atoms with Crippen molar-refractivity contribution in [2.45, 2.75) is 37.4 Å². The predicted octanol–water partition coefficient (Wildman–Crippen LogP) is 2.66. The Labute approximate surface area is 108 Å². The van der Waals surface area contributed by atoms with Crippen LogP contribution in [0.15, 0.2) is 30.3 Å². The average Bonchev–Trinajstić information content (AvgIpc) is 2.87. The Kier molecular flexibility index (Phi) is 2.87. The van der Waals surface area contributed by atoms with Crippen molar-refractivity contribution in [1.29, 1.82) is 0 Å². The number of benzene rings is 1. The van der Waals surface area contributed by atoms with Gasteiger partial charge < -0.3 is 9.47 Å². The number of hydrogen-bond acceptors (Lipinski definition) is 3. The Bertz CT molecular complexity index is 468. The highest BCUT2D eigenvalue weighted by atomic mass is 16.7. The van der Waals surface area contributed by atoms with Gasteiger partial charge in [-0.1, -0.05) is 30.3 Å². The standard InChI is InChI=1S/C15H18O3/c16-14-7-9-15(17-10-11-18-15)8-6-13(14)12-4-2-1-3-5-12/h1-5,13H,6-11H2/i13D. The monoisotopic (exact) mass is 247 g/mol. The number of carbonyl (C=O) groups excluding carboxylic acids is 1. The highest BCUT2D eigenvalue weighted by molar-refractivity contribution is 5.86. The first-order valence-electron chi connectivity index (χ1n) is 7.01. The molecule has 0 N–H and O–H groups in total. The van der Waals surface area contributed by atoms with Gasteiger partial charge in [0.15, 0.2) is 5.79 Å². The summed E-state index contributed by atoms with van der Waals surface area (Å²) < 4.78 is 20.0. The summed E-state index contributed by atoms with van der Waals surface area (Å²) >= 11 is 0. The normalized spacial score (nSPS) is 32.2. The second kappa shape index (κ2) is 4.82. The van der Waals surface area contributed by atoms with Crippen molar-refractivity contribution in [2.24, 2.45) is 0 Å². The molecule has 0 bridgehead atoms. The smallest absolute Gasteiger partial charge is 0.168 e. The fraction of sp³-hybridized carbons (Fsp3) is 0.533. The molecular weight excluding hydrogens is 228 g/mol. The average molecular weight is 247 g/mol. The van der Waals surface area contributed by atoms with Crippen molar-refractivity contribution in [3.8, 4) is 0 Å². The quantitative estimate of drug-likeness (QED) is 0.765. The molecule has 1 saturated heterocycles. The Morgan fingerprint density at radius 1 is 1.17 bits per heavy atom. The van der Waals surface area contributed by atoms with Crippen molar-refractivity contribution < 1.29 is 15.6 Å². The van der Waals surface area contributed by atoms with Crippen LogP contribution in [0.5, 0.6) is 0 Å². The second-order valence-corrected chi connectivity index (χ2v) is 4.88.